The van der Waals surface area contributed by atoms with Crippen LogP contribution in [0.15, 0.2) is 66.7 Å². The maximum absolute atomic E-state index is 13.5. The lowest BCUT2D eigenvalue weighted by Gasteiger charge is -2.38. The number of fused-ring (bicyclic) bond motifs is 1. The Labute approximate surface area is 176 Å². The summed E-state index contributed by atoms with van der Waals surface area (Å²) < 4.78 is 11.0. The van der Waals surface area contributed by atoms with Crippen molar-refractivity contribution in [1.82, 2.24) is 4.90 Å². The third kappa shape index (κ3) is 3.48. The Morgan fingerprint density at radius 2 is 1.73 bits per heavy atom. The van der Waals surface area contributed by atoms with E-state index in [9.17, 15) is 10.1 Å². The molecule has 1 aliphatic rings. The van der Waals surface area contributed by atoms with Crippen LogP contribution in [0, 0.1) is 11.3 Å². The van der Waals surface area contributed by atoms with Gasteiger partial charge >= 0.3 is 0 Å². The minimum atomic E-state index is -0.256. The van der Waals surface area contributed by atoms with Crippen LogP contribution in [-0.2, 0) is 6.42 Å². The highest BCUT2D eigenvalue weighted by Gasteiger charge is 2.33. The summed E-state index contributed by atoms with van der Waals surface area (Å²) in [6, 6.07) is 22.7. The summed E-state index contributed by atoms with van der Waals surface area (Å²) in [6.07, 6.45) is 0.711. The van der Waals surface area contributed by atoms with Crippen LogP contribution in [0.2, 0.25) is 0 Å². The van der Waals surface area contributed by atoms with Crippen molar-refractivity contribution < 1.29 is 14.3 Å². The van der Waals surface area contributed by atoms with Gasteiger partial charge in [0, 0.05) is 12.1 Å². The first-order valence-corrected chi connectivity index (χ1v) is 9.77. The summed E-state index contributed by atoms with van der Waals surface area (Å²) in [5, 5.41) is 9.22. The Bertz CT molecular complexity index is 1120. The number of rotatable bonds is 4. The fourth-order valence-corrected chi connectivity index (χ4v) is 4.05. The van der Waals surface area contributed by atoms with Crippen molar-refractivity contribution in [1.29, 1.82) is 5.26 Å². The van der Waals surface area contributed by atoms with Crippen molar-refractivity contribution in [2.75, 3.05) is 20.8 Å². The first-order valence-electron chi connectivity index (χ1n) is 9.77. The van der Waals surface area contributed by atoms with E-state index in [1.54, 1.807) is 38.5 Å². The number of carbonyl (C=O) groups excluding carboxylic acids is 1. The third-order valence-electron chi connectivity index (χ3n) is 5.49. The van der Waals surface area contributed by atoms with Crippen molar-refractivity contribution in [3.05, 3.63) is 94.5 Å². The topological polar surface area (TPSA) is 62.6 Å². The molecule has 1 heterocycles. The lowest BCUT2D eigenvalue weighted by Crippen LogP contribution is -2.40. The molecule has 0 N–H and O–H groups in total. The molecule has 4 rings (SSSR count). The van der Waals surface area contributed by atoms with Crippen molar-refractivity contribution >= 4 is 5.91 Å². The van der Waals surface area contributed by atoms with Gasteiger partial charge in [-0.3, -0.25) is 4.79 Å². The van der Waals surface area contributed by atoms with Crippen molar-refractivity contribution in [3.63, 3.8) is 0 Å². The standard InChI is InChI=1S/C25H22N2O3/c1-29-22-14-19-11-12-27(25(28)20-10-6-7-17(13-20)16-26)24(18-8-4-3-5-9-18)21(19)15-23(22)30-2/h3-10,13-15,24H,11-12H2,1-2H3. The van der Waals surface area contributed by atoms with Crippen LogP contribution in [0.4, 0.5) is 0 Å². The molecule has 30 heavy (non-hydrogen) atoms. The molecule has 0 fully saturated rings. The first-order chi connectivity index (χ1) is 14.7. The number of methoxy groups -OCH3 is 2. The molecule has 0 bridgehead atoms. The van der Waals surface area contributed by atoms with E-state index in [1.807, 2.05) is 47.4 Å². The van der Waals surface area contributed by atoms with E-state index >= 15 is 0 Å². The van der Waals surface area contributed by atoms with Crippen LogP contribution in [0.1, 0.15) is 38.7 Å². The lowest BCUT2D eigenvalue weighted by molar-refractivity contribution is 0.0694. The molecule has 0 spiro atoms. The minimum absolute atomic E-state index is 0.0959. The number of carbonyl (C=O) groups is 1. The second kappa shape index (κ2) is 8.30. The molecule has 0 aromatic heterocycles. The fourth-order valence-electron chi connectivity index (χ4n) is 4.05. The zero-order chi connectivity index (χ0) is 21.1. The molecule has 5 nitrogen and oxygen atoms in total. The predicted octanol–water partition coefficient (Wildman–Crippen LogP) is 4.36. The highest BCUT2D eigenvalue weighted by molar-refractivity contribution is 5.95. The number of hydrogen-bond donors (Lipinski definition) is 0. The van der Waals surface area contributed by atoms with Crippen LogP contribution in [-0.4, -0.2) is 31.6 Å². The SMILES string of the molecule is COc1cc2c(cc1OC)C(c1ccccc1)N(C(=O)c1cccc(C#N)c1)CC2. The van der Waals surface area contributed by atoms with Gasteiger partial charge in [-0.05, 0) is 53.4 Å². The number of ether oxygens (including phenoxy) is 2. The molecular formula is C25H22N2O3. The molecule has 0 saturated carbocycles. The van der Waals surface area contributed by atoms with Crippen LogP contribution < -0.4 is 9.47 Å². The molecule has 150 valence electrons. The van der Waals surface area contributed by atoms with E-state index in [2.05, 4.69) is 6.07 Å². The maximum Gasteiger partial charge on any atom is 0.254 e. The Balaban J connectivity index is 1.84. The molecule has 0 saturated heterocycles. The summed E-state index contributed by atoms with van der Waals surface area (Å²) in [5.74, 6) is 1.23. The Hall–Kier alpha value is -3.78. The van der Waals surface area contributed by atoms with Gasteiger partial charge in [0.05, 0.1) is 31.9 Å². The van der Waals surface area contributed by atoms with Crippen molar-refractivity contribution in [2.45, 2.75) is 12.5 Å². The monoisotopic (exact) mass is 398 g/mol. The molecule has 1 amide bonds. The average molecular weight is 398 g/mol. The summed E-state index contributed by atoms with van der Waals surface area (Å²) in [5.41, 5.74) is 4.17. The van der Waals surface area contributed by atoms with Gasteiger partial charge in [0.2, 0.25) is 0 Å². The van der Waals surface area contributed by atoms with E-state index in [-0.39, 0.29) is 11.9 Å². The van der Waals surface area contributed by atoms with Crippen LogP contribution >= 0.6 is 0 Å². The second-order valence-corrected chi connectivity index (χ2v) is 7.16. The molecule has 1 unspecified atom stereocenters. The van der Waals surface area contributed by atoms with Gasteiger partial charge < -0.3 is 14.4 Å². The molecule has 0 aliphatic carbocycles. The van der Waals surface area contributed by atoms with Gasteiger partial charge in [0.1, 0.15) is 0 Å². The van der Waals surface area contributed by atoms with Crippen LogP contribution in [0.5, 0.6) is 11.5 Å². The summed E-state index contributed by atoms with van der Waals surface area (Å²) in [6.45, 7) is 0.567. The lowest BCUT2D eigenvalue weighted by atomic mass is 9.87. The molecule has 5 heteroatoms. The van der Waals surface area contributed by atoms with E-state index in [4.69, 9.17) is 9.47 Å². The highest BCUT2D eigenvalue weighted by Crippen LogP contribution is 2.41. The van der Waals surface area contributed by atoms with Crippen LogP contribution in [0.3, 0.4) is 0 Å². The Kier molecular flexibility index (Phi) is 5.40. The third-order valence-corrected chi connectivity index (χ3v) is 5.49. The summed E-state index contributed by atoms with van der Waals surface area (Å²) in [7, 11) is 3.24. The van der Waals surface area contributed by atoms with Crippen molar-refractivity contribution in [3.8, 4) is 17.6 Å². The van der Waals surface area contributed by atoms with Crippen molar-refractivity contribution in [2.24, 2.45) is 0 Å². The largest absolute Gasteiger partial charge is 0.493 e. The molecule has 0 radical (unpaired) electrons. The molecule has 1 atom stereocenters. The van der Waals surface area contributed by atoms with Gasteiger partial charge in [0.15, 0.2) is 11.5 Å². The van der Waals surface area contributed by atoms with E-state index in [1.165, 1.54) is 0 Å². The number of nitriles is 1. The zero-order valence-electron chi connectivity index (χ0n) is 17.0. The van der Waals surface area contributed by atoms with E-state index in [0.29, 0.717) is 35.6 Å². The van der Waals surface area contributed by atoms with Gasteiger partial charge in [-0.15, -0.1) is 0 Å². The molecule has 3 aromatic carbocycles. The number of hydrogen-bond acceptors (Lipinski definition) is 4. The van der Waals surface area contributed by atoms with Gasteiger partial charge in [0.25, 0.3) is 5.91 Å². The normalized spacial score (nSPS) is 15.1. The second-order valence-electron chi connectivity index (χ2n) is 7.16. The van der Waals surface area contributed by atoms with Gasteiger partial charge in [-0.2, -0.15) is 5.26 Å². The fraction of sp³-hybridized carbons (Fsp3) is 0.200. The predicted molar refractivity (Wildman–Crippen MR) is 114 cm³/mol. The zero-order valence-corrected chi connectivity index (χ0v) is 17.0. The maximum atomic E-state index is 13.5. The molecule has 1 aliphatic heterocycles. The number of benzene rings is 3. The highest BCUT2D eigenvalue weighted by atomic mass is 16.5. The Morgan fingerprint density at radius 1 is 1.00 bits per heavy atom. The van der Waals surface area contributed by atoms with E-state index in [0.717, 1.165) is 16.7 Å². The number of nitrogens with zero attached hydrogens (tertiary/aromatic N) is 2. The first kappa shape index (κ1) is 19.5. The summed E-state index contributed by atoms with van der Waals surface area (Å²) >= 11 is 0. The summed E-state index contributed by atoms with van der Waals surface area (Å²) in [4.78, 5) is 15.4. The van der Waals surface area contributed by atoms with E-state index < -0.39 is 0 Å². The smallest absolute Gasteiger partial charge is 0.254 e. The van der Waals surface area contributed by atoms with Crippen LogP contribution in [0.25, 0.3) is 0 Å². The molecular weight excluding hydrogens is 376 g/mol. The minimum Gasteiger partial charge on any atom is -0.493 e. The Morgan fingerprint density at radius 3 is 2.43 bits per heavy atom. The molecule has 3 aromatic rings. The average Bonchev–Trinajstić information content (AvgIpc) is 2.82. The quantitative estimate of drug-likeness (QED) is 0.655. The number of amides is 1. The van der Waals surface area contributed by atoms with Gasteiger partial charge in [-0.25, -0.2) is 0 Å². The van der Waals surface area contributed by atoms with Gasteiger partial charge in [-0.1, -0.05) is 36.4 Å².